The summed E-state index contributed by atoms with van der Waals surface area (Å²) in [6, 6.07) is 16.5. The van der Waals surface area contributed by atoms with Crippen LogP contribution in [0.25, 0.3) is 6.08 Å². The lowest BCUT2D eigenvalue weighted by Gasteiger charge is -2.33. The Hall–Kier alpha value is -2.67. The van der Waals surface area contributed by atoms with Crippen LogP contribution in [0.5, 0.6) is 5.75 Å². The highest BCUT2D eigenvalue weighted by atomic mass is 16.5. The number of hydrogen-bond acceptors (Lipinski definition) is 5. The second-order valence-electron chi connectivity index (χ2n) is 9.26. The Bertz CT molecular complexity index is 945. The number of nitrogens with zero attached hydrogens (tertiary/aromatic N) is 2. The van der Waals surface area contributed by atoms with Crippen molar-refractivity contribution in [1.29, 1.82) is 0 Å². The number of likely N-dealkylation sites (tertiary alicyclic amines) is 1. The Kier molecular flexibility index (Phi) is 8.74. The van der Waals surface area contributed by atoms with Crippen molar-refractivity contribution in [3.05, 3.63) is 71.3 Å². The Morgan fingerprint density at radius 1 is 1.09 bits per heavy atom. The van der Waals surface area contributed by atoms with Crippen molar-refractivity contribution in [2.45, 2.75) is 31.8 Å². The van der Waals surface area contributed by atoms with Crippen LogP contribution in [0.4, 0.5) is 0 Å². The third kappa shape index (κ3) is 6.92. The molecule has 0 spiro atoms. The Morgan fingerprint density at radius 3 is 2.53 bits per heavy atom. The molecule has 2 fully saturated rings. The van der Waals surface area contributed by atoms with Gasteiger partial charge in [0.1, 0.15) is 18.5 Å². The molecule has 2 heterocycles. The van der Waals surface area contributed by atoms with Gasteiger partial charge in [-0.2, -0.15) is 0 Å². The van der Waals surface area contributed by atoms with Crippen molar-refractivity contribution >= 4 is 12.0 Å². The molecular formula is C28H36N2O4. The molecule has 0 bridgehead atoms. The first-order chi connectivity index (χ1) is 16.6. The first-order valence-corrected chi connectivity index (χ1v) is 12.3. The van der Waals surface area contributed by atoms with Crippen LogP contribution in [0, 0.1) is 6.92 Å². The van der Waals surface area contributed by atoms with Crippen LogP contribution in [0.3, 0.4) is 0 Å². The van der Waals surface area contributed by atoms with Gasteiger partial charge in [0.25, 0.3) is 0 Å². The van der Waals surface area contributed by atoms with Crippen molar-refractivity contribution in [2.24, 2.45) is 0 Å². The van der Waals surface area contributed by atoms with Crippen molar-refractivity contribution < 1.29 is 19.4 Å². The summed E-state index contributed by atoms with van der Waals surface area (Å²) in [5, 5.41) is 10.6. The topological polar surface area (TPSA) is 62.2 Å². The number of aliphatic hydroxyl groups excluding tert-OH is 1. The number of ether oxygens (including phenoxy) is 2. The molecule has 2 aromatic rings. The summed E-state index contributed by atoms with van der Waals surface area (Å²) >= 11 is 0. The van der Waals surface area contributed by atoms with Crippen molar-refractivity contribution in [3.8, 4) is 5.75 Å². The highest BCUT2D eigenvalue weighted by Gasteiger charge is 2.22. The predicted octanol–water partition coefficient (Wildman–Crippen LogP) is 3.49. The number of rotatable bonds is 8. The van der Waals surface area contributed by atoms with Gasteiger partial charge in [-0.15, -0.1) is 0 Å². The molecule has 1 unspecified atom stereocenters. The lowest BCUT2D eigenvalue weighted by atomic mass is 9.89. The number of carbonyl (C=O) groups is 1. The van der Waals surface area contributed by atoms with E-state index < -0.39 is 6.10 Å². The molecule has 0 aromatic heterocycles. The lowest BCUT2D eigenvalue weighted by Crippen LogP contribution is -2.40. The van der Waals surface area contributed by atoms with Gasteiger partial charge in [0.15, 0.2) is 0 Å². The molecule has 2 aliphatic rings. The summed E-state index contributed by atoms with van der Waals surface area (Å²) in [5.74, 6) is 1.25. The standard InChI is InChI=1S/C28H36N2O4/c1-22-6-8-23(9-7-22)24-12-14-29(15-13-24)20-26(31)21-34-27-5-3-2-4-25(27)10-11-28(32)30-16-18-33-19-17-30/h2-11,24,26,31H,12-21H2,1H3. The summed E-state index contributed by atoms with van der Waals surface area (Å²) < 4.78 is 11.3. The Labute approximate surface area is 202 Å². The van der Waals surface area contributed by atoms with Crippen LogP contribution in [0.1, 0.15) is 35.4 Å². The van der Waals surface area contributed by atoms with E-state index in [1.165, 1.54) is 11.1 Å². The molecule has 4 rings (SSSR count). The minimum Gasteiger partial charge on any atom is -0.490 e. The number of aryl methyl sites for hydroxylation is 1. The maximum atomic E-state index is 12.4. The van der Waals surface area contributed by atoms with E-state index in [4.69, 9.17) is 9.47 Å². The molecule has 2 aromatic carbocycles. The number of hydrogen-bond donors (Lipinski definition) is 1. The fourth-order valence-electron chi connectivity index (χ4n) is 4.62. The van der Waals surface area contributed by atoms with E-state index in [0.29, 0.717) is 44.5 Å². The molecule has 2 saturated heterocycles. The number of β-amino-alcohol motifs (C(OH)–C–C–N with tert-alkyl or cyclic N) is 1. The van der Waals surface area contributed by atoms with E-state index in [-0.39, 0.29) is 12.5 Å². The molecule has 1 N–H and O–H groups in total. The average Bonchev–Trinajstić information content (AvgIpc) is 2.88. The van der Waals surface area contributed by atoms with Gasteiger partial charge in [0, 0.05) is 31.3 Å². The number of benzene rings is 2. The first kappa shape index (κ1) is 24.5. The van der Waals surface area contributed by atoms with Crippen LogP contribution in [-0.4, -0.2) is 79.5 Å². The van der Waals surface area contributed by atoms with Crippen LogP contribution in [0.2, 0.25) is 0 Å². The van der Waals surface area contributed by atoms with Crippen LogP contribution in [-0.2, 0) is 9.53 Å². The Balaban J connectivity index is 1.23. The molecule has 2 aliphatic heterocycles. The van der Waals surface area contributed by atoms with Crippen LogP contribution >= 0.6 is 0 Å². The number of carbonyl (C=O) groups excluding carboxylic acids is 1. The predicted molar refractivity (Wildman–Crippen MR) is 134 cm³/mol. The van der Waals surface area contributed by atoms with Gasteiger partial charge >= 0.3 is 0 Å². The van der Waals surface area contributed by atoms with Gasteiger partial charge in [-0.3, -0.25) is 4.79 Å². The number of aliphatic hydroxyl groups is 1. The van der Waals surface area contributed by atoms with Crippen molar-refractivity contribution in [1.82, 2.24) is 9.80 Å². The fraction of sp³-hybridized carbons (Fsp3) is 0.464. The Morgan fingerprint density at radius 2 is 1.79 bits per heavy atom. The zero-order chi connectivity index (χ0) is 23.8. The first-order valence-electron chi connectivity index (χ1n) is 12.3. The normalized spacial score (nSPS) is 18.8. The molecule has 182 valence electrons. The van der Waals surface area contributed by atoms with E-state index in [9.17, 15) is 9.90 Å². The van der Waals surface area contributed by atoms with Gasteiger partial charge in [0.2, 0.25) is 5.91 Å². The average molecular weight is 465 g/mol. The molecule has 0 aliphatic carbocycles. The summed E-state index contributed by atoms with van der Waals surface area (Å²) in [7, 11) is 0. The van der Waals surface area contributed by atoms with E-state index in [1.54, 1.807) is 17.1 Å². The molecular weight excluding hydrogens is 428 g/mol. The maximum absolute atomic E-state index is 12.4. The molecule has 1 amide bonds. The second kappa shape index (κ2) is 12.2. The fourth-order valence-corrected chi connectivity index (χ4v) is 4.62. The number of piperidine rings is 1. The van der Waals surface area contributed by atoms with Gasteiger partial charge in [-0.1, -0.05) is 48.0 Å². The van der Waals surface area contributed by atoms with E-state index >= 15 is 0 Å². The molecule has 34 heavy (non-hydrogen) atoms. The minimum atomic E-state index is -0.567. The van der Waals surface area contributed by atoms with Crippen molar-refractivity contribution in [3.63, 3.8) is 0 Å². The number of morpholine rings is 1. The van der Waals surface area contributed by atoms with Gasteiger partial charge in [-0.05, 0) is 56.5 Å². The van der Waals surface area contributed by atoms with E-state index in [2.05, 4.69) is 36.1 Å². The summed E-state index contributed by atoms with van der Waals surface area (Å²) in [4.78, 5) is 16.5. The van der Waals surface area contributed by atoms with Crippen molar-refractivity contribution in [2.75, 3.05) is 52.5 Å². The van der Waals surface area contributed by atoms with Gasteiger partial charge < -0.3 is 24.4 Å². The SMILES string of the molecule is Cc1ccc(C2CCN(CC(O)COc3ccccc3C=CC(=O)N3CCOCC3)CC2)cc1. The highest BCUT2D eigenvalue weighted by molar-refractivity contribution is 5.92. The largest absolute Gasteiger partial charge is 0.490 e. The van der Waals surface area contributed by atoms with E-state index in [1.807, 2.05) is 24.3 Å². The van der Waals surface area contributed by atoms with Crippen LogP contribution < -0.4 is 4.74 Å². The van der Waals surface area contributed by atoms with Gasteiger partial charge in [0.05, 0.1) is 13.2 Å². The maximum Gasteiger partial charge on any atom is 0.246 e. The van der Waals surface area contributed by atoms with Gasteiger partial charge in [-0.25, -0.2) is 0 Å². The summed E-state index contributed by atoms with van der Waals surface area (Å²) in [5.41, 5.74) is 3.55. The lowest BCUT2D eigenvalue weighted by molar-refractivity contribution is -0.129. The molecule has 6 nitrogen and oxygen atoms in total. The summed E-state index contributed by atoms with van der Waals surface area (Å²) in [6.45, 7) is 7.33. The highest BCUT2D eigenvalue weighted by Crippen LogP contribution is 2.28. The van der Waals surface area contributed by atoms with E-state index in [0.717, 1.165) is 31.5 Å². The minimum absolute atomic E-state index is 0.0211. The third-order valence-corrected chi connectivity index (χ3v) is 6.68. The third-order valence-electron chi connectivity index (χ3n) is 6.68. The zero-order valence-corrected chi connectivity index (χ0v) is 20.1. The molecule has 0 saturated carbocycles. The molecule has 1 atom stereocenters. The quantitative estimate of drug-likeness (QED) is 0.606. The second-order valence-corrected chi connectivity index (χ2v) is 9.26. The molecule has 6 heteroatoms. The monoisotopic (exact) mass is 464 g/mol. The summed E-state index contributed by atoms with van der Waals surface area (Å²) in [6.07, 6.45) is 5.03. The molecule has 0 radical (unpaired) electrons. The van der Waals surface area contributed by atoms with Crippen LogP contribution in [0.15, 0.2) is 54.6 Å². The smallest absolute Gasteiger partial charge is 0.246 e. The number of amides is 1. The zero-order valence-electron chi connectivity index (χ0n) is 20.1. The number of para-hydroxylation sites is 1.